The summed E-state index contributed by atoms with van der Waals surface area (Å²) < 4.78 is 31.7. The van der Waals surface area contributed by atoms with Gasteiger partial charge in [-0.2, -0.15) is 0 Å². The van der Waals surface area contributed by atoms with E-state index in [0.29, 0.717) is 25.3 Å². The highest BCUT2D eigenvalue weighted by Crippen LogP contribution is 2.15. The summed E-state index contributed by atoms with van der Waals surface area (Å²) in [7, 11) is 0.0314. The summed E-state index contributed by atoms with van der Waals surface area (Å²) in [6, 6.07) is 6.23. The number of hydrogen-bond donors (Lipinski definition) is 2. The first-order valence-electron chi connectivity index (χ1n) is 6.82. The smallest absolute Gasteiger partial charge is 0.240 e. The van der Waals surface area contributed by atoms with Gasteiger partial charge in [-0.05, 0) is 31.7 Å². The van der Waals surface area contributed by atoms with Crippen molar-refractivity contribution in [2.24, 2.45) is 0 Å². The summed E-state index contributed by atoms with van der Waals surface area (Å²) in [6.45, 7) is 3.94. The Morgan fingerprint density at radius 2 is 1.90 bits per heavy atom. The minimum absolute atomic E-state index is 0.200. The number of methoxy groups -OCH3 is 1. The fourth-order valence-corrected chi connectivity index (χ4v) is 2.76. The first-order chi connectivity index (χ1) is 9.86. The molecule has 1 aromatic carbocycles. The van der Waals surface area contributed by atoms with Gasteiger partial charge < -0.3 is 14.7 Å². The van der Waals surface area contributed by atoms with E-state index in [4.69, 9.17) is 4.74 Å². The third-order valence-electron chi connectivity index (χ3n) is 3.14. The topological polar surface area (TPSA) is 78.9 Å². The number of nitrogens with one attached hydrogen (secondary N) is 1. The molecule has 0 saturated heterocycles. The maximum atomic E-state index is 12.1. The zero-order valence-corrected chi connectivity index (χ0v) is 13.6. The zero-order chi connectivity index (χ0) is 15.9. The highest BCUT2D eigenvalue weighted by atomic mass is 32.2. The van der Waals surface area contributed by atoms with E-state index in [2.05, 4.69) is 4.72 Å². The van der Waals surface area contributed by atoms with Gasteiger partial charge in [0.1, 0.15) is 0 Å². The summed E-state index contributed by atoms with van der Waals surface area (Å²) >= 11 is 0. The van der Waals surface area contributed by atoms with Crippen molar-refractivity contribution < 1.29 is 18.3 Å². The highest BCUT2D eigenvalue weighted by molar-refractivity contribution is 7.89. The highest BCUT2D eigenvalue weighted by Gasteiger charge is 2.14. The van der Waals surface area contributed by atoms with Crippen molar-refractivity contribution >= 4 is 10.0 Å². The zero-order valence-electron chi connectivity index (χ0n) is 12.7. The van der Waals surface area contributed by atoms with Crippen LogP contribution in [0.3, 0.4) is 0 Å². The van der Waals surface area contributed by atoms with Crippen molar-refractivity contribution in [1.29, 1.82) is 0 Å². The minimum atomic E-state index is -3.51. The Kier molecular flexibility index (Phi) is 7.27. The van der Waals surface area contributed by atoms with E-state index in [1.807, 2.05) is 11.9 Å². The maximum Gasteiger partial charge on any atom is 0.240 e. The van der Waals surface area contributed by atoms with Crippen LogP contribution in [0.2, 0.25) is 0 Å². The molecule has 0 saturated carbocycles. The molecule has 1 atom stereocenters. The van der Waals surface area contributed by atoms with Gasteiger partial charge in [0.05, 0.1) is 17.6 Å². The van der Waals surface area contributed by atoms with E-state index < -0.39 is 16.1 Å². The quantitative estimate of drug-likeness (QED) is 0.697. The van der Waals surface area contributed by atoms with Crippen molar-refractivity contribution in [1.82, 2.24) is 9.62 Å². The number of ether oxygens (including phenoxy) is 1. The number of hydrogen-bond acceptors (Lipinski definition) is 5. The van der Waals surface area contributed by atoms with E-state index in [9.17, 15) is 13.5 Å². The Balaban J connectivity index is 2.53. The lowest BCUT2D eigenvalue weighted by Gasteiger charge is -2.16. The number of benzene rings is 1. The molecule has 0 fully saturated rings. The van der Waals surface area contributed by atoms with E-state index in [1.165, 1.54) is 12.1 Å². The van der Waals surface area contributed by atoms with Gasteiger partial charge in [0, 0.05) is 26.7 Å². The Hall–Kier alpha value is -0.990. The van der Waals surface area contributed by atoms with Crippen LogP contribution in [0.25, 0.3) is 0 Å². The van der Waals surface area contributed by atoms with Crippen LogP contribution in [-0.2, 0) is 14.8 Å². The molecule has 1 rings (SSSR count). The van der Waals surface area contributed by atoms with Gasteiger partial charge in [0.15, 0.2) is 0 Å². The molecule has 0 amide bonds. The number of sulfonamides is 1. The lowest BCUT2D eigenvalue weighted by Crippen LogP contribution is -2.34. The first-order valence-corrected chi connectivity index (χ1v) is 8.30. The minimum Gasteiger partial charge on any atom is -0.389 e. The molecule has 0 aliphatic rings. The molecule has 0 heterocycles. The molecule has 1 unspecified atom stereocenters. The predicted molar refractivity (Wildman–Crippen MR) is 81.6 cm³/mol. The molecule has 1 aromatic rings. The fourth-order valence-electron chi connectivity index (χ4n) is 1.74. The van der Waals surface area contributed by atoms with Crippen LogP contribution in [-0.4, -0.2) is 58.8 Å². The lowest BCUT2D eigenvalue weighted by molar-refractivity contribution is 0.162. The van der Waals surface area contributed by atoms with E-state index in [0.717, 1.165) is 6.54 Å². The molecule has 0 spiro atoms. The predicted octanol–water partition coefficient (Wildman–Crippen LogP) is 0.596. The largest absolute Gasteiger partial charge is 0.389 e. The summed E-state index contributed by atoms with van der Waals surface area (Å²) in [6.07, 6.45) is -0.607. The molecule has 7 heteroatoms. The molecular weight excluding hydrogens is 292 g/mol. The second kappa shape index (κ2) is 8.45. The molecule has 120 valence electrons. The average Bonchev–Trinajstić information content (AvgIpc) is 2.45. The van der Waals surface area contributed by atoms with Crippen molar-refractivity contribution in [2.45, 2.75) is 17.9 Å². The van der Waals surface area contributed by atoms with Crippen LogP contribution >= 0.6 is 0 Å². The molecule has 0 bridgehead atoms. The average molecular weight is 316 g/mol. The van der Waals surface area contributed by atoms with Gasteiger partial charge in [-0.25, -0.2) is 13.1 Å². The van der Waals surface area contributed by atoms with Gasteiger partial charge in [0.25, 0.3) is 0 Å². The van der Waals surface area contributed by atoms with Crippen LogP contribution in [0, 0.1) is 0 Å². The second-order valence-electron chi connectivity index (χ2n) is 4.94. The van der Waals surface area contributed by atoms with Crippen molar-refractivity contribution in [2.75, 3.05) is 40.4 Å². The van der Waals surface area contributed by atoms with Crippen LogP contribution in [0.5, 0.6) is 0 Å². The number of rotatable bonds is 9. The molecular formula is C14H24N2O4S. The van der Waals surface area contributed by atoms with Crippen LogP contribution in [0.15, 0.2) is 29.2 Å². The Morgan fingerprint density at radius 3 is 2.43 bits per heavy atom. The van der Waals surface area contributed by atoms with E-state index in [-0.39, 0.29) is 4.90 Å². The number of aliphatic hydroxyl groups is 1. The molecule has 0 aromatic heterocycles. The van der Waals surface area contributed by atoms with Crippen LogP contribution in [0.1, 0.15) is 18.6 Å². The summed E-state index contributed by atoms with van der Waals surface area (Å²) in [5, 5.41) is 9.41. The normalized spacial score (nSPS) is 13.6. The van der Waals surface area contributed by atoms with Crippen molar-refractivity contribution in [3.63, 3.8) is 0 Å². The Morgan fingerprint density at radius 1 is 1.29 bits per heavy atom. The number of likely N-dealkylation sites (N-methyl/N-ethyl adjacent to an activating group) is 1. The van der Waals surface area contributed by atoms with Crippen LogP contribution < -0.4 is 4.72 Å². The van der Waals surface area contributed by atoms with Crippen LogP contribution in [0.4, 0.5) is 0 Å². The number of aliphatic hydroxyl groups excluding tert-OH is 1. The lowest BCUT2D eigenvalue weighted by atomic mass is 10.1. The monoisotopic (exact) mass is 316 g/mol. The fraction of sp³-hybridized carbons (Fsp3) is 0.571. The van der Waals surface area contributed by atoms with Gasteiger partial charge in [0.2, 0.25) is 10.0 Å². The third-order valence-corrected chi connectivity index (χ3v) is 4.61. The van der Waals surface area contributed by atoms with Crippen molar-refractivity contribution in [3.8, 4) is 0 Å². The summed E-state index contributed by atoms with van der Waals surface area (Å²) in [5.41, 5.74) is 0.688. The number of nitrogens with zero attached hydrogens (tertiary/aromatic N) is 1. The maximum absolute atomic E-state index is 12.1. The SMILES string of the molecule is COCCN(C)CCNS(=O)(=O)c1ccc(C(C)O)cc1. The molecule has 21 heavy (non-hydrogen) atoms. The third kappa shape index (κ3) is 6.11. The standard InChI is InChI=1S/C14H24N2O4S/c1-12(17)13-4-6-14(7-5-13)21(18,19)15-8-9-16(2)10-11-20-3/h4-7,12,15,17H,8-11H2,1-3H3. The Bertz CT molecular complexity index is 514. The van der Waals surface area contributed by atoms with E-state index >= 15 is 0 Å². The summed E-state index contributed by atoms with van der Waals surface area (Å²) in [5.74, 6) is 0. The Labute approximate surface area is 126 Å². The van der Waals surface area contributed by atoms with Gasteiger partial charge in [-0.15, -0.1) is 0 Å². The van der Waals surface area contributed by atoms with E-state index in [1.54, 1.807) is 26.2 Å². The molecule has 2 N–H and O–H groups in total. The summed E-state index contributed by atoms with van der Waals surface area (Å²) in [4.78, 5) is 2.19. The first kappa shape index (κ1) is 18.1. The molecule has 0 aliphatic carbocycles. The molecule has 6 nitrogen and oxygen atoms in total. The van der Waals surface area contributed by atoms with Gasteiger partial charge in [-0.3, -0.25) is 0 Å². The van der Waals surface area contributed by atoms with Crippen molar-refractivity contribution in [3.05, 3.63) is 29.8 Å². The molecule has 0 aliphatic heterocycles. The second-order valence-corrected chi connectivity index (χ2v) is 6.71. The van der Waals surface area contributed by atoms with Gasteiger partial charge in [-0.1, -0.05) is 12.1 Å². The molecule has 0 radical (unpaired) electrons. The van der Waals surface area contributed by atoms with Gasteiger partial charge >= 0.3 is 0 Å².